The van der Waals surface area contributed by atoms with Gasteiger partial charge in [0.15, 0.2) is 0 Å². The fourth-order valence-electron chi connectivity index (χ4n) is 4.88. The summed E-state index contributed by atoms with van der Waals surface area (Å²) in [5, 5.41) is 10.9. The Hall–Kier alpha value is -0.480. The van der Waals surface area contributed by atoms with Gasteiger partial charge >= 0.3 is 0 Å². The highest BCUT2D eigenvalue weighted by Gasteiger charge is 2.55. The van der Waals surface area contributed by atoms with Gasteiger partial charge in [0.25, 0.3) is 0 Å². The number of hydrogen-bond donors (Lipinski definition) is 1. The minimum Gasteiger partial charge on any atom is -0.389 e. The molecule has 0 aromatic heterocycles. The first-order valence-electron chi connectivity index (χ1n) is 6.88. The fraction of sp³-hybridized carbons (Fsp3) is 0.867. The summed E-state index contributed by atoms with van der Waals surface area (Å²) in [7, 11) is 0. The molecule has 4 bridgehead atoms. The largest absolute Gasteiger partial charge is 0.389 e. The summed E-state index contributed by atoms with van der Waals surface area (Å²) in [6.07, 6.45) is 14.7. The van der Waals surface area contributed by atoms with E-state index in [9.17, 15) is 5.11 Å². The minimum absolute atomic E-state index is 0.343. The fourth-order valence-corrected chi connectivity index (χ4v) is 4.88. The van der Waals surface area contributed by atoms with Crippen LogP contribution in [0.3, 0.4) is 0 Å². The van der Waals surface area contributed by atoms with Crippen LogP contribution in [0.4, 0.5) is 0 Å². The van der Waals surface area contributed by atoms with Crippen molar-refractivity contribution in [2.75, 3.05) is 0 Å². The first-order valence-corrected chi connectivity index (χ1v) is 6.88. The number of rotatable bonds is 3. The number of aliphatic hydroxyl groups is 1. The summed E-state index contributed by atoms with van der Waals surface area (Å²) in [4.78, 5) is 0. The van der Waals surface area contributed by atoms with Gasteiger partial charge in [0.2, 0.25) is 0 Å². The average molecular weight is 218 g/mol. The van der Waals surface area contributed by atoms with Crippen LogP contribution < -0.4 is 0 Å². The molecule has 1 N–H and O–H groups in total. The zero-order valence-electron chi connectivity index (χ0n) is 9.99. The minimum atomic E-state index is -0.343. The van der Waals surface area contributed by atoms with Crippen LogP contribution in [0.15, 0.2) is 0 Å². The average Bonchev–Trinajstić information content (AvgIpc) is 2.25. The molecule has 4 aliphatic rings. The maximum atomic E-state index is 10.9. The van der Waals surface area contributed by atoms with Gasteiger partial charge in [-0.05, 0) is 68.6 Å². The van der Waals surface area contributed by atoms with E-state index in [-0.39, 0.29) is 5.60 Å². The van der Waals surface area contributed by atoms with Gasteiger partial charge in [-0.2, -0.15) is 0 Å². The lowest BCUT2D eigenvalue weighted by Gasteiger charge is -2.59. The molecule has 1 nitrogen and oxygen atoms in total. The molecule has 0 spiro atoms. The summed E-state index contributed by atoms with van der Waals surface area (Å²) in [5.41, 5.74) is -0.343. The van der Waals surface area contributed by atoms with Crippen molar-refractivity contribution in [2.24, 2.45) is 23.7 Å². The van der Waals surface area contributed by atoms with Crippen molar-refractivity contribution in [3.05, 3.63) is 0 Å². The molecule has 0 atom stereocenters. The molecule has 0 aromatic carbocycles. The summed E-state index contributed by atoms with van der Waals surface area (Å²) >= 11 is 0. The van der Waals surface area contributed by atoms with Crippen LogP contribution in [0.1, 0.15) is 51.4 Å². The lowest BCUT2D eigenvalue weighted by Crippen LogP contribution is -2.57. The van der Waals surface area contributed by atoms with E-state index in [2.05, 4.69) is 5.92 Å². The second-order valence-electron chi connectivity index (χ2n) is 6.35. The van der Waals surface area contributed by atoms with Crippen molar-refractivity contribution < 1.29 is 5.11 Å². The maximum absolute atomic E-state index is 10.9. The van der Waals surface area contributed by atoms with Crippen LogP contribution in [0.5, 0.6) is 0 Å². The molecule has 0 saturated heterocycles. The Morgan fingerprint density at radius 2 is 1.62 bits per heavy atom. The van der Waals surface area contributed by atoms with E-state index >= 15 is 0 Å². The Bertz CT molecular complexity index is 284. The Labute approximate surface area is 98.6 Å². The SMILES string of the molecule is C#CCCCC1(O)C2CC3CC(C2)CC1C3. The molecule has 4 aliphatic carbocycles. The molecule has 4 fully saturated rings. The highest BCUT2D eigenvalue weighted by Crippen LogP contribution is 2.59. The molecule has 0 heterocycles. The Morgan fingerprint density at radius 3 is 2.12 bits per heavy atom. The van der Waals surface area contributed by atoms with Crippen LogP contribution in [0.2, 0.25) is 0 Å². The summed E-state index contributed by atoms with van der Waals surface area (Å²) in [6.45, 7) is 0. The molecule has 4 saturated carbocycles. The second-order valence-corrected chi connectivity index (χ2v) is 6.35. The topological polar surface area (TPSA) is 20.2 Å². The normalized spacial score (nSPS) is 49.2. The van der Waals surface area contributed by atoms with Gasteiger partial charge in [0.05, 0.1) is 5.60 Å². The van der Waals surface area contributed by atoms with Gasteiger partial charge in [0.1, 0.15) is 0 Å². The number of hydrogen-bond acceptors (Lipinski definition) is 1. The molecular weight excluding hydrogens is 196 g/mol. The molecule has 4 rings (SSSR count). The monoisotopic (exact) mass is 218 g/mol. The Morgan fingerprint density at radius 1 is 1.06 bits per heavy atom. The third-order valence-electron chi connectivity index (χ3n) is 5.45. The Balaban J connectivity index is 1.73. The molecule has 16 heavy (non-hydrogen) atoms. The molecule has 1 heteroatoms. The van der Waals surface area contributed by atoms with Crippen LogP contribution in [0.25, 0.3) is 0 Å². The van der Waals surface area contributed by atoms with Crippen molar-refractivity contribution in [1.29, 1.82) is 0 Å². The maximum Gasteiger partial charge on any atom is 0.0704 e. The predicted octanol–water partition coefficient (Wildman–Crippen LogP) is 2.98. The molecule has 0 aliphatic heterocycles. The van der Waals surface area contributed by atoms with E-state index in [1.165, 1.54) is 32.1 Å². The molecule has 0 radical (unpaired) electrons. The summed E-state index contributed by atoms with van der Waals surface area (Å²) in [6, 6.07) is 0. The van der Waals surface area contributed by atoms with E-state index in [0.717, 1.165) is 31.1 Å². The van der Waals surface area contributed by atoms with Crippen LogP contribution in [0, 0.1) is 36.0 Å². The van der Waals surface area contributed by atoms with E-state index in [1.807, 2.05) is 0 Å². The first kappa shape index (κ1) is 10.7. The van der Waals surface area contributed by atoms with Crippen molar-refractivity contribution in [3.63, 3.8) is 0 Å². The zero-order valence-corrected chi connectivity index (χ0v) is 9.99. The van der Waals surface area contributed by atoms with Gasteiger partial charge in [-0.15, -0.1) is 12.3 Å². The third-order valence-corrected chi connectivity index (χ3v) is 5.45. The van der Waals surface area contributed by atoms with Gasteiger partial charge in [-0.1, -0.05) is 0 Å². The second kappa shape index (κ2) is 3.77. The highest BCUT2D eigenvalue weighted by molar-refractivity contribution is 5.07. The lowest BCUT2D eigenvalue weighted by atomic mass is 9.49. The smallest absolute Gasteiger partial charge is 0.0704 e. The molecule has 0 unspecified atom stereocenters. The molecule has 0 amide bonds. The van der Waals surface area contributed by atoms with Crippen molar-refractivity contribution in [3.8, 4) is 12.3 Å². The van der Waals surface area contributed by atoms with Crippen LogP contribution in [-0.2, 0) is 0 Å². The predicted molar refractivity (Wildman–Crippen MR) is 64.7 cm³/mol. The van der Waals surface area contributed by atoms with Crippen molar-refractivity contribution >= 4 is 0 Å². The van der Waals surface area contributed by atoms with Gasteiger partial charge < -0.3 is 5.11 Å². The standard InChI is InChI=1S/C15H22O/c1-2-3-4-5-15(16)13-7-11-6-12(9-13)10-14(15)8-11/h1,11-14,16H,3-10H2. The van der Waals surface area contributed by atoms with Gasteiger partial charge in [-0.25, -0.2) is 0 Å². The number of unbranched alkanes of at least 4 members (excludes halogenated alkanes) is 1. The third kappa shape index (κ3) is 1.51. The van der Waals surface area contributed by atoms with Crippen LogP contribution >= 0.6 is 0 Å². The first-order chi connectivity index (χ1) is 7.72. The Kier molecular flexibility index (Phi) is 2.51. The summed E-state index contributed by atoms with van der Waals surface area (Å²) < 4.78 is 0. The quantitative estimate of drug-likeness (QED) is 0.570. The zero-order chi connectivity index (χ0) is 11.2. The van der Waals surface area contributed by atoms with E-state index in [0.29, 0.717) is 11.8 Å². The van der Waals surface area contributed by atoms with E-state index < -0.39 is 0 Å². The molecule has 88 valence electrons. The van der Waals surface area contributed by atoms with E-state index in [4.69, 9.17) is 6.42 Å². The van der Waals surface area contributed by atoms with E-state index in [1.54, 1.807) is 0 Å². The highest BCUT2D eigenvalue weighted by atomic mass is 16.3. The summed E-state index contributed by atoms with van der Waals surface area (Å²) in [5.74, 6) is 5.77. The van der Waals surface area contributed by atoms with Gasteiger partial charge in [0, 0.05) is 6.42 Å². The molecular formula is C15H22O. The number of terminal acetylenes is 1. The molecule has 0 aromatic rings. The van der Waals surface area contributed by atoms with Crippen molar-refractivity contribution in [1.82, 2.24) is 0 Å². The van der Waals surface area contributed by atoms with Crippen molar-refractivity contribution in [2.45, 2.75) is 57.0 Å². The lowest BCUT2D eigenvalue weighted by molar-refractivity contribution is -0.176. The van der Waals surface area contributed by atoms with Crippen LogP contribution in [-0.4, -0.2) is 10.7 Å². The van der Waals surface area contributed by atoms with Gasteiger partial charge in [-0.3, -0.25) is 0 Å².